The quantitative estimate of drug-likeness (QED) is 0.725. The fourth-order valence-electron chi connectivity index (χ4n) is 3.82. The summed E-state index contributed by atoms with van der Waals surface area (Å²) in [4.78, 5) is 2.32. The molecule has 1 aromatic rings. The van der Waals surface area contributed by atoms with Crippen molar-refractivity contribution in [3.8, 4) is 0 Å². The zero-order valence-corrected chi connectivity index (χ0v) is 14.6. The number of anilines is 1. The van der Waals surface area contributed by atoms with Crippen molar-refractivity contribution >= 4 is 17.8 Å². The molecule has 0 amide bonds. The number of nitrogens with zero attached hydrogens (tertiary/aromatic N) is 1. The highest BCUT2D eigenvalue weighted by atomic mass is 15.1. The molecule has 0 heterocycles. The third-order valence-electron chi connectivity index (χ3n) is 5.29. The lowest BCUT2D eigenvalue weighted by Crippen LogP contribution is -2.20. The number of allylic oxidation sites excluding steroid dienone is 1. The molecule has 2 aliphatic rings. The molecule has 0 saturated heterocycles. The van der Waals surface area contributed by atoms with Crippen LogP contribution in [-0.4, -0.2) is 14.1 Å². The second kappa shape index (κ2) is 5.95. The van der Waals surface area contributed by atoms with Crippen molar-refractivity contribution in [3.63, 3.8) is 0 Å². The van der Waals surface area contributed by atoms with E-state index >= 15 is 0 Å². The first-order valence-corrected chi connectivity index (χ1v) is 8.68. The van der Waals surface area contributed by atoms with Crippen LogP contribution in [0.15, 0.2) is 18.2 Å². The van der Waals surface area contributed by atoms with Crippen molar-refractivity contribution in [1.29, 1.82) is 0 Å². The third kappa shape index (κ3) is 2.86. The Hall–Kier alpha value is -1.50. The van der Waals surface area contributed by atoms with E-state index in [0.29, 0.717) is 0 Å². The van der Waals surface area contributed by atoms with E-state index in [4.69, 9.17) is 0 Å². The molecule has 1 aromatic carbocycles. The molecule has 0 spiro atoms. The van der Waals surface area contributed by atoms with Crippen LogP contribution in [0, 0.1) is 11.8 Å². The topological polar surface area (TPSA) is 3.24 Å². The lowest BCUT2D eigenvalue weighted by atomic mass is 9.81. The maximum atomic E-state index is 4.08. The molecule has 0 bridgehead atoms. The highest BCUT2D eigenvalue weighted by Crippen LogP contribution is 2.41. The maximum Gasteiger partial charge on any atom is 0.0476 e. The third-order valence-corrected chi connectivity index (χ3v) is 5.29. The Labute approximate surface area is 135 Å². The van der Waals surface area contributed by atoms with E-state index in [0.717, 1.165) is 11.8 Å². The number of fused-ring (bicyclic) bond motifs is 1. The largest absolute Gasteiger partial charge is 0.377 e. The fraction of sp³-hybridized carbons (Fsp3) is 0.524. The van der Waals surface area contributed by atoms with Crippen molar-refractivity contribution in [2.24, 2.45) is 11.8 Å². The summed E-state index contributed by atoms with van der Waals surface area (Å²) in [6, 6.07) is 2.40. The van der Waals surface area contributed by atoms with Crippen molar-refractivity contribution in [2.75, 3.05) is 19.0 Å². The summed E-state index contributed by atoms with van der Waals surface area (Å²) < 4.78 is 0. The van der Waals surface area contributed by atoms with Gasteiger partial charge in [-0.1, -0.05) is 37.3 Å². The molecule has 1 atom stereocenters. The summed E-state index contributed by atoms with van der Waals surface area (Å²) >= 11 is 0. The van der Waals surface area contributed by atoms with Gasteiger partial charge in [-0.2, -0.15) is 0 Å². The molecular weight excluding hydrogens is 266 g/mol. The van der Waals surface area contributed by atoms with Crippen molar-refractivity contribution in [2.45, 2.75) is 46.0 Å². The zero-order valence-electron chi connectivity index (χ0n) is 14.6. The second-order valence-electron chi connectivity index (χ2n) is 7.47. The highest BCUT2D eigenvalue weighted by Gasteiger charge is 2.26. The Balaban J connectivity index is 2.19. The van der Waals surface area contributed by atoms with E-state index in [1.165, 1.54) is 60.1 Å². The Kier molecular flexibility index (Phi) is 4.16. The van der Waals surface area contributed by atoms with Crippen LogP contribution in [0.2, 0.25) is 0 Å². The molecule has 2 aliphatic carbocycles. The molecule has 22 heavy (non-hydrogen) atoms. The van der Waals surface area contributed by atoms with E-state index in [9.17, 15) is 0 Å². The number of benzene rings is 1. The summed E-state index contributed by atoms with van der Waals surface area (Å²) in [5.74, 6) is 1.62. The predicted molar refractivity (Wildman–Crippen MR) is 98.4 cm³/mol. The van der Waals surface area contributed by atoms with Crippen LogP contribution in [0.5, 0.6) is 0 Å². The van der Waals surface area contributed by atoms with Gasteiger partial charge in [-0.15, -0.1) is 0 Å². The summed E-state index contributed by atoms with van der Waals surface area (Å²) in [7, 11) is 4.37. The van der Waals surface area contributed by atoms with Gasteiger partial charge in [0.2, 0.25) is 0 Å². The maximum absolute atomic E-state index is 4.08. The first kappa shape index (κ1) is 15.4. The van der Waals surface area contributed by atoms with E-state index in [2.05, 4.69) is 51.6 Å². The Morgan fingerprint density at radius 1 is 1.27 bits per heavy atom. The fourth-order valence-corrected chi connectivity index (χ4v) is 3.82. The first-order valence-electron chi connectivity index (χ1n) is 8.68. The Morgan fingerprint density at radius 3 is 2.59 bits per heavy atom. The SMILES string of the molecule is C=Cc1cc2c(c(N(C)C)c1/C=C(\C)C1CC1)CC(C)CC2. The van der Waals surface area contributed by atoms with Crippen LogP contribution < -0.4 is 4.90 Å². The number of hydrogen-bond acceptors (Lipinski definition) is 1. The van der Waals surface area contributed by atoms with Gasteiger partial charge in [-0.05, 0) is 67.6 Å². The molecule has 118 valence electrons. The summed E-state index contributed by atoms with van der Waals surface area (Å²) in [5, 5.41) is 0. The average molecular weight is 295 g/mol. The van der Waals surface area contributed by atoms with Crippen molar-refractivity contribution in [1.82, 2.24) is 0 Å². The van der Waals surface area contributed by atoms with E-state index in [1.807, 2.05) is 6.08 Å². The minimum atomic E-state index is 0.794. The van der Waals surface area contributed by atoms with Crippen molar-refractivity contribution < 1.29 is 0 Å². The van der Waals surface area contributed by atoms with Gasteiger partial charge in [0.1, 0.15) is 0 Å². The van der Waals surface area contributed by atoms with E-state index in [-0.39, 0.29) is 0 Å². The molecule has 0 aliphatic heterocycles. The minimum Gasteiger partial charge on any atom is -0.377 e. The van der Waals surface area contributed by atoms with Gasteiger partial charge in [0, 0.05) is 25.3 Å². The predicted octanol–water partition coefficient (Wildman–Crippen LogP) is 5.33. The summed E-state index contributed by atoms with van der Waals surface area (Å²) in [5.41, 5.74) is 8.77. The standard InChI is InChI=1S/C21H29N/c1-6-16-13-18-8-7-14(2)11-19(18)21(22(4)5)20(16)12-15(3)17-9-10-17/h6,12-14,17H,1,7-11H2,2-5H3/b15-12+. The minimum absolute atomic E-state index is 0.794. The molecule has 0 aromatic heterocycles. The molecule has 1 unspecified atom stereocenters. The molecule has 0 radical (unpaired) electrons. The number of rotatable bonds is 4. The number of aryl methyl sites for hydroxylation is 1. The molecule has 0 N–H and O–H groups in total. The smallest absolute Gasteiger partial charge is 0.0476 e. The highest BCUT2D eigenvalue weighted by molar-refractivity contribution is 5.81. The lowest BCUT2D eigenvalue weighted by Gasteiger charge is -2.30. The van der Waals surface area contributed by atoms with Crippen molar-refractivity contribution in [3.05, 3.63) is 40.5 Å². The monoisotopic (exact) mass is 295 g/mol. The van der Waals surface area contributed by atoms with Crippen LogP contribution in [0.25, 0.3) is 12.2 Å². The normalized spacial score (nSPS) is 21.5. The second-order valence-corrected chi connectivity index (χ2v) is 7.47. The van der Waals surface area contributed by atoms with Gasteiger partial charge < -0.3 is 4.90 Å². The average Bonchev–Trinajstić information content (AvgIpc) is 3.30. The first-order chi connectivity index (χ1) is 10.5. The molecule has 1 heteroatoms. The van der Waals surface area contributed by atoms with Gasteiger partial charge in [-0.3, -0.25) is 0 Å². The molecule has 1 nitrogen and oxygen atoms in total. The van der Waals surface area contributed by atoms with Gasteiger partial charge in [0.25, 0.3) is 0 Å². The zero-order chi connectivity index (χ0) is 15.9. The molecule has 1 fully saturated rings. The van der Waals surface area contributed by atoms with E-state index in [1.54, 1.807) is 5.56 Å². The van der Waals surface area contributed by atoms with Crippen LogP contribution >= 0.6 is 0 Å². The Morgan fingerprint density at radius 2 is 2.00 bits per heavy atom. The number of hydrogen-bond donors (Lipinski definition) is 0. The van der Waals surface area contributed by atoms with Gasteiger partial charge in [0.05, 0.1) is 0 Å². The van der Waals surface area contributed by atoms with Crippen LogP contribution in [0.3, 0.4) is 0 Å². The summed E-state index contributed by atoms with van der Waals surface area (Å²) in [6.45, 7) is 8.76. The molecular formula is C21H29N. The molecule has 1 saturated carbocycles. The van der Waals surface area contributed by atoms with Gasteiger partial charge >= 0.3 is 0 Å². The van der Waals surface area contributed by atoms with Crippen LogP contribution in [0.4, 0.5) is 5.69 Å². The lowest BCUT2D eigenvalue weighted by molar-refractivity contribution is 0.501. The van der Waals surface area contributed by atoms with Crippen LogP contribution in [0.1, 0.15) is 55.4 Å². The van der Waals surface area contributed by atoms with Gasteiger partial charge in [0.15, 0.2) is 0 Å². The Bertz CT molecular complexity index is 617. The van der Waals surface area contributed by atoms with E-state index < -0.39 is 0 Å². The van der Waals surface area contributed by atoms with Crippen LogP contribution in [-0.2, 0) is 12.8 Å². The molecule has 3 rings (SSSR count). The summed E-state index contributed by atoms with van der Waals surface area (Å²) in [6.07, 6.45) is 10.9. The van der Waals surface area contributed by atoms with Gasteiger partial charge in [-0.25, -0.2) is 0 Å².